The minimum Gasteiger partial charge on any atom is -0.367 e. The highest BCUT2D eigenvalue weighted by Crippen LogP contribution is 2.18. The van der Waals surface area contributed by atoms with Crippen molar-refractivity contribution in [2.24, 2.45) is 12.8 Å². The number of carbonyl (C=O) groups excluding carboxylic acids is 2. The zero-order valence-corrected chi connectivity index (χ0v) is 11.8. The standard InChI is InChI=1S/C13H20N4O3/c1-13(12(14)19)9-17(7-8-20-13)11(18)4-3-10-5-6-15-16(10)2/h5-6H,3-4,7-9H2,1-2H3,(H2,14,19). The molecule has 1 unspecified atom stereocenters. The molecule has 20 heavy (non-hydrogen) atoms. The highest BCUT2D eigenvalue weighted by molar-refractivity contribution is 5.85. The zero-order valence-electron chi connectivity index (χ0n) is 11.8. The third-order valence-corrected chi connectivity index (χ3v) is 3.67. The van der Waals surface area contributed by atoms with Gasteiger partial charge in [0.15, 0.2) is 5.60 Å². The van der Waals surface area contributed by atoms with E-state index in [2.05, 4.69) is 5.10 Å². The first-order chi connectivity index (χ1) is 9.42. The molecule has 0 aromatic carbocycles. The molecule has 0 spiro atoms. The van der Waals surface area contributed by atoms with E-state index in [1.165, 1.54) is 0 Å². The van der Waals surface area contributed by atoms with Gasteiger partial charge in [0.25, 0.3) is 5.91 Å². The van der Waals surface area contributed by atoms with E-state index in [1.807, 2.05) is 13.1 Å². The highest BCUT2D eigenvalue weighted by Gasteiger charge is 2.38. The van der Waals surface area contributed by atoms with E-state index in [0.29, 0.717) is 26.0 Å². The molecule has 1 saturated heterocycles. The van der Waals surface area contributed by atoms with Crippen LogP contribution in [0.15, 0.2) is 12.3 Å². The lowest BCUT2D eigenvalue weighted by Gasteiger charge is -2.38. The lowest BCUT2D eigenvalue weighted by atomic mass is 10.0. The summed E-state index contributed by atoms with van der Waals surface area (Å²) in [4.78, 5) is 25.2. The van der Waals surface area contributed by atoms with Crippen LogP contribution in [-0.4, -0.2) is 51.8 Å². The van der Waals surface area contributed by atoms with Gasteiger partial charge < -0.3 is 15.4 Å². The Bertz CT molecular complexity index is 513. The number of aryl methyl sites for hydroxylation is 2. The smallest absolute Gasteiger partial charge is 0.251 e. The van der Waals surface area contributed by atoms with Crippen molar-refractivity contribution in [1.29, 1.82) is 0 Å². The van der Waals surface area contributed by atoms with Crippen molar-refractivity contribution in [1.82, 2.24) is 14.7 Å². The van der Waals surface area contributed by atoms with Crippen LogP contribution in [-0.2, 0) is 27.8 Å². The maximum absolute atomic E-state index is 12.2. The van der Waals surface area contributed by atoms with Gasteiger partial charge in [-0.1, -0.05) is 0 Å². The predicted molar refractivity (Wildman–Crippen MR) is 71.7 cm³/mol. The second-order valence-electron chi connectivity index (χ2n) is 5.21. The molecule has 2 N–H and O–H groups in total. The number of nitrogens with two attached hydrogens (primary N) is 1. The van der Waals surface area contributed by atoms with Gasteiger partial charge in [-0.2, -0.15) is 5.10 Å². The second-order valence-corrected chi connectivity index (χ2v) is 5.21. The fourth-order valence-corrected chi connectivity index (χ4v) is 2.27. The Morgan fingerprint density at radius 3 is 2.90 bits per heavy atom. The summed E-state index contributed by atoms with van der Waals surface area (Å²) in [6.07, 6.45) is 2.72. The summed E-state index contributed by atoms with van der Waals surface area (Å²) in [5.41, 5.74) is 5.24. The number of nitrogens with zero attached hydrogens (tertiary/aromatic N) is 3. The van der Waals surface area contributed by atoms with Crippen molar-refractivity contribution in [3.05, 3.63) is 18.0 Å². The summed E-state index contributed by atoms with van der Waals surface area (Å²) in [5.74, 6) is -0.538. The van der Waals surface area contributed by atoms with Crippen molar-refractivity contribution < 1.29 is 14.3 Å². The van der Waals surface area contributed by atoms with Gasteiger partial charge in [-0.15, -0.1) is 0 Å². The number of hydrogen-bond acceptors (Lipinski definition) is 4. The molecular weight excluding hydrogens is 260 g/mol. The Labute approximate surface area is 117 Å². The van der Waals surface area contributed by atoms with Crippen LogP contribution in [0.4, 0.5) is 0 Å². The van der Waals surface area contributed by atoms with Gasteiger partial charge in [0.05, 0.1) is 13.2 Å². The van der Waals surface area contributed by atoms with Gasteiger partial charge in [0, 0.05) is 31.9 Å². The minimum absolute atomic E-state index is 0.00183. The Balaban J connectivity index is 1.92. The van der Waals surface area contributed by atoms with Crippen molar-refractivity contribution in [3.63, 3.8) is 0 Å². The van der Waals surface area contributed by atoms with Crippen molar-refractivity contribution >= 4 is 11.8 Å². The van der Waals surface area contributed by atoms with Crippen LogP contribution in [0.1, 0.15) is 19.0 Å². The molecule has 0 saturated carbocycles. The molecule has 0 bridgehead atoms. The molecule has 1 aromatic rings. The first-order valence-electron chi connectivity index (χ1n) is 6.61. The first-order valence-corrected chi connectivity index (χ1v) is 6.61. The largest absolute Gasteiger partial charge is 0.367 e. The SMILES string of the molecule is Cn1nccc1CCC(=O)N1CCOC(C)(C(N)=O)C1. The van der Waals surface area contributed by atoms with E-state index >= 15 is 0 Å². The Kier molecular flexibility index (Phi) is 4.08. The molecule has 1 aromatic heterocycles. The van der Waals surface area contributed by atoms with E-state index in [4.69, 9.17) is 10.5 Å². The van der Waals surface area contributed by atoms with Crippen LogP contribution in [0.2, 0.25) is 0 Å². The number of carbonyl (C=O) groups is 2. The number of hydrogen-bond donors (Lipinski definition) is 1. The summed E-state index contributed by atoms with van der Waals surface area (Å²) >= 11 is 0. The minimum atomic E-state index is -1.08. The molecule has 7 heteroatoms. The summed E-state index contributed by atoms with van der Waals surface area (Å²) in [6, 6.07) is 1.89. The van der Waals surface area contributed by atoms with Crippen LogP contribution in [0.25, 0.3) is 0 Å². The Morgan fingerprint density at radius 1 is 1.55 bits per heavy atom. The maximum atomic E-state index is 12.2. The van der Waals surface area contributed by atoms with E-state index in [9.17, 15) is 9.59 Å². The average molecular weight is 280 g/mol. The van der Waals surface area contributed by atoms with Gasteiger partial charge in [-0.3, -0.25) is 14.3 Å². The fraction of sp³-hybridized carbons (Fsp3) is 0.615. The van der Waals surface area contributed by atoms with E-state index in [0.717, 1.165) is 5.69 Å². The molecule has 7 nitrogen and oxygen atoms in total. The number of amides is 2. The van der Waals surface area contributed by atoms with Crippen LogP contribution in [0.3, 0.4) is 0 Å². The van der Waals surface area contributed by atoms with Crippen molar-refractivity contribution in [2.75, 3.05) is 19.7 Å². The molecule has 1 aliphatic heterocycles. The number of ether oxygens (including phenoxy) is 1. The Hall–Kier alpha value is -1.89. The van der Waals surface area contributed by atoms with Gasteiger partial charge in [-0.25, -0.2) is 0 Å². The lowest BCUT2D eigenvalue weighted by molar-refractivity contribution is -0.160. The number of primary amides is 1. The first kappa shape index (κ1) is 14.5. The monoisotopic (exact) mass is 280 g/mol. The molecule has 0 aliphatic carbocycles. The van der Waals surface area contributed by atoms with Crippen molar-refractivity contribution in [3.8, 4) is 0 Å². The van der Waals surface area contributed by atoms with Crippen molar-refractivity contribution in [2.45, 2.75) is 25.4 Å². The zero-order chi connectivity index (χ0) is 14.8. The van der Waals surface area contributed by atoms with Gasteiger partial charge >= 0.3 is 0 Å². The topological polar surface area (TPSA) is 90.4 Å². The number of morpholine rings is 1. The molecule has 110 valence electrons. The van der Waals surface area contributed by atoms with Crippen LogP contribution < -0.4 is 5.73 Å². The predicted octanol–water partition coefficient (Wildman–Crippen LogP) is -0.544. The van der Waals surface area contributed by atoms with Crippen LogP contribution in [0.5, 0.6) is 0 Å². The summed E-state index contributed by atoms with van der Waals surface area (Å²) in [7, 11) is 1.85. The molecule has 1 fully saturated rings. The summed E-state index contributed by atoms with van der Waals surface area (Å²) < 4.78 is 7.14. The molecular formula is C13H20N4O3. The quantitative estimate of drug-likeness (QED) is 0.801. The Morgan fingerprint density at radius 2 is 2.30 bits per heavy atom. The normalized spacial score (nSPS) is 22.8. The molecule has 2 rings (SSSR count). The summed E-state index contributed by atoms with van der Waals surface area (Å²) in [6.45, 7) is 2.66. The van der Waals surface area contributed by atoms with Gasteiger partial charge in [-0.05, 0) is 19.4 Å². The molecule has 2 heterocycles. The second kappa shape index (κ2) is 5.62. The lowest BCUT2D eigenvalue weighted by Crippen LogP contribution is -2.58. The van der Waals surface area contributed by atoms with Gasteiger partial charge in [0.1, 0.15) is 0 Å². The number of rotatable bonds is 4. The van der Waals surface area contributed by atoms with Gasteiger partial charge in [0.2, 0.25) is 5.91 Å². The maximum Gasteiger partial charge on any atom is 0.251 e. The third kappa shape index (κ3) is 2.98. The fourth-order valence-electron chi connectivity index (χ4n) is 2.27. The van der Waals surface area contributed by atoms with E-state index in [1.54, 1.807) is 22.7 Å². The molecule has 2 amide bonds. The average Bonchev–Trinajstić information content (AvgIpc) is 2.81. The van der Waals surface area contributed by atoms with Crippen LogP contribution in [0, 0.1) is 0 Å². The molecule has 1 atom stereocenters. The highest BCUT2D eigenvalue weighted by atomic mass is 16.5. The van der Waals surface area contributed by atoms with E-state index in [-0.39, 0.29) is 12.5 Å². The molecule has 1 aliphatic rings. The third-order valence-electron chi connectivity index (χ3n) is 3.67. The summed E-state index contributed by atoms with van der Waals surface area (Å²) in [5, 5.41) is 4.06. The van der Waals surface area contributed by atoms with E-state index < -0.39 is 11.5 Å². The number of aromatic nitrogens is 2. The van der Waals surface area contributed by atoms with Crippen LogP contribution >= 0.6 is 0 Å². The molecule has 0 radical (unpaired) electrons.